The third-order valence-corrected chi connectivity index (χ3v) is 10.3. The standard InChI is InChI=1S/C56H92O6/c1-4-7-10-13-16-19-22-24-26-27-28-30-31-34-37-40-43-46-49-55(58)61-52-53(51-60-54(57)48-45-42-39-36-33-21-18-15-12-9-6-3)62-56(59)50-47-44-41-38-35-32-29-25-23-20-17-14-11-8-5-2/h8,11,15,17-20,22,25-27,29,35,38,44,47,53H,4-7,9-10,12-14,16,21,23-24,28,30-34,36-37,39-43,45-46,48-52H2,1-3H3/b11-8-,18-15-,20-17-,22-19-,27-26-,29-25-,38-35-,47-44-. The van der Waals surface area contributed by atoms with Crippen molar-refractivity contribution in [2.75, 3.05) is 13.2 Å². The van der Waals surface area contributed by atoms with Gasteiger partial charge in [0.1, 0.15) is 13.2 Å². The van der Waals surface area contributed by atoms with Gasteiger partial charge in [0.05, 0.1) is 6.42 Å². The molecule has 0 saturated carbocycles. The monoisotopic (exact) mass is 861 g/mol. The van der Waals surface area contributed by atoms with E-state index in [9.17, 15) is 14.4 Å². The molecule has 0 bridgehead atoms. The van der Waals surface area contributed by atoms with Crippen LogP contribution in [0.2, 0.25) is 0 Å². The van der Waals surface area contributed by atoms with E-state index in [1.807, 2.05) is 6.08 Å². The summed E-state index contributed by atoms with van der Waals surface area (Å²) in [4.78, 5) is 37.8. The highest BCUT2D eigenvalue weighted by atomic mass is 16.6. The molecule has 62 heavy (non-hydrogen) atoms. The molecule has 6 heteroatoms. The van der Waals surface area contributed by atoms with E-state index < -0.39 is 12.1 Å². The van der Waals surface area contributed by atoms with E-state index in [0.717, 1.165) is 96.3 Å². The number of ether oxygens (including phenoxy) is 3. The molecule has 0 aromatic heterocycles. The molecule has 0 aliphatic rings. The molecule has 0 heterocycles. The zero-order chi connectivity index (χ0) is 45.1. The lowest BCUT2D eigenvalue weighted by Gasteiger charge is -2.18. The summed E-state index contributed by atoms with van der Waals surface area (Å²) in [5.74, 6) is -1.08. The summed E-state index contributed by atoms with van der Waals surface area (Å²) in [5, 5.41) is 0. The zero-order valence-corrected chi connectivity index (χ0v) is 40.1. The van der Waals surface area contributed by atoms with Crippen LogP contribution in [-0.4, -0.2) is 37.2 Å². The van der Waals surface area contributed by atoms with E-state index in [1.54, 1.807) is 6.08 Å². The smallest absolute Gasteiger partial charge is 0.310 e. The summed E-state index contributed by atoms with van der Waals surface area (Å²) in [6, 6.07) is 0. The van der Waals surface area contributed by atoms with E-state index in [1.165, 1.54) is 83.5 Å². The Bertz CT molecular complexity index is 1260. The number of rotatable bonds is 44. The zero-order valence-electron chi connectivity index (χ0n) is 40.1. The molecule has 0 aliphatic heterocycles. The van der Waals surface area contributed by atoms with Crippen molar-refractivity contribution in [2.45, 2.75) is 226 Å². The molecule has 0 aliphatic carbocycles. The topological polar surface area (TPSA) is 78.9 Å². The summed E-state index contributed by atoms with van der Waals surface area (Å²) in [5.41, 5.74) is 0. The molecule has 0 aromatic rings. The van der Waals surface area contributed by atoms with E-state index in [-0.39, 0.29) is 31.6 Å². The van der Waals surface area contributed by atoms with E-state index in [0.29, 0.717) is 12.8 Å². The molecule has 0 rings (SSSR count). The van der Waals surface area contributed by atoms with Crippen LogP contribution in [0.3, 0.4) is 0 Å². The van der Waals surface area contributed by atoms with Crippen LogP contribution >= 0.6 is 0 Å². The lowest BCUT2D eigenvalue weighted by Crippen LogP contribution is -2.30. The maximum atomic E-state index is 12.7. The summed E-state index contributed by atoms with van der Waals surface area (Å²) in [7, 11) is 0. The SMILES string of the molecule is CC/C=C\C/C=C\C/C=C\C/C=C\C/C=C\CC(=O)OC(COC(=O)CCCCCCC/C=C\CCCC)COC(=O)CCCCCCCCC/C=C\C/C=C\CCCCCC. The Labute approximate surface area is 381 Å². The summed E-state index contributed by atoms with van der Waals surface area (Å²) in [6.45, 7) is 6.36. The highest BCUT2D eigenvalue weighted by molar-refractivity contribution is 5.72. The fraction of sp³-hybridized carbons (Fsp3) is 0.661. The van der Waals surface area contributed by atoms with Crippen molar-refractivity contribution in [2.24, 2.45) is 0 Å². The summed E-state index contributed by atoms with van der Waals surface area (Å²) in [6.07, 6.45) is 65.6. The van der Waals surface area contributed by atoms with Gasteiger partial charge in [0.2, 0.25) is 0 Å². The van der Waals surface area contributed by atoms with Gasteiger partial charge in [-0.15, -0.1) is 0 Å². The summed E-state index contributed by atoms with van der Waals surface area (Å²) < 4.78 is 16.6. The molecule has 0 spiro atoms. The van der Waals surface area contributed by atoms with Crippen molar-refractivity contribution in [1.82, 2.24) is 0 Å². The van der Waals surface area contributed by atoms with Crippen molar-refractivity contribution in [3.63, 3.8) is 0 Å². The maximum absolute atomic E-state index is 12.7. The molecule has 1 atom stereocenters. The van der Waals surface area contributed by atoms with E-state index in [2.05, 4.69) is 106 Å². The molecule has 352 valence electrons. The number of hydrogen-bond acceptors (Lipinski definition) is 6. The van der Waals surface area contributed by atoms with Gasteiger partial charge in [0, 0.05) is 12.8 Å². The fourth-order valence-corrected chi connectivity index (χ4v) is 6.53. The Kier molecular flexibility index (Phi) is 47.0. The van der Waals surface area contributed by atoms with Crippen molar-refractivity contribution >= 4 is 17.9 Å². The minimum atomic E-state index is -0.838. The molecular weight excluding hydrogens is 769 g/mol. The van der Waals surface area contributed by atoms with Gasteiger partial charge in [0.25, 0.3) is 0 Å². The van der Waals surface area contributed by atoms with Crippen molar-refractivity contribution in [3.05, 3.63) is 97.2 Å². The largest absolute Gasteiger partial charge is 0.462 e. The number of esters is 3. The van der Waals surface area contributed by atoms with Crippen LogP contribution in [0.25, 0.3) is 0 Å². The Hall–Kier alpha value is -3.67. The second-order valence-corrected chi connectivity index (χ2v) is 16.4. The molecule has 0 amide bonds. The number of hydrogen-bond donors (Lipinski definition) is 0. The lowest BCUT2D eigenvalue weighted by molar-refractivity contribution is -0.166. The van der Waals surface area contributed by atoms with Gasteiger partial charge in [-0.25, -0.2) is 0 Å². The van der Waals surface area contributed by atoms with Gasteiger partial charge in [-0.1, -0.05) is 201 Å². The predicted molar refractivity (Wildman–Crippen MR) is 265 cm³/mol. The van der Waals surface area contributed by atoms with E-state index in [4.69, 9.17) is 14.2 Å². The Morgan fingerprint density at radius 1 is 0.355 bits per heavy atom. The van der Waals surface area contributed by atoms with Crippen LogP contribution in [0, 0.1) is 0 Å². The Morgan fingerprint density at radius 2 is 0.694 bits per heavy atom. The average Bonchev–Trinajstić information content (AvgIpc) is 3.27. The molecule has 0 aromatic carbocycles. The average molecular weight is 861 g/mol. The number of unbranched alkanes of at least 4 members (excludes halogenated alkanes) is 18. The van der Waals surface area contributed by atoms with Crippen molar-refractivity contribution in [1.29, 1.82) is 0 Å². The first kappa shape index (κ1) is 58.3. The quantitative estimate of drug-likeness (QED) is 0.0263. The van der Waals surface area contributed by atoms with Crippen molar-refractivity contribution < 1.29 is 28.6 Å². The Morgan fingerprint density at radius 3 is 1.13 bits per heavy atom. The normalized spacial score (nSPS) is 12.9. The molecule has 0 saturated heterocycles. The minimum absolute atomic E-state index is 0.0913. The van der Waals surface area contributed by atoms with Crippen LogP contribution in [0.4, 0.5) is 0 Å². The van der Waals surface area contributed by atoms with Crippen LogP contribution in [0.15, 0.2) is 97.2 Å². The van der Waals surface area contributed by atoms with Crippen molar-refractivity contribution in [3.8, 4) is 0 Å². The fourth-order valence-electron chi connectivity index (χ4n) is 6.53. The van der Waals surface area contributed by atoms with Gasteiger partial charge >= 0.3 is 17.9 Å². The van der Waals surface area contributed by atoms with Crippen LogP contribution in [0.1, 0.15) is 220 Å². The summed E-state index contributed by atoms with van der Waals surface area (Å²) >= 11 is 0. The van der Waals surface area contributed by atoms with Crippen LogP contribution < -0.4 is 0 Å². The van der Waals surface area contributed by atoms with Crippen LogP contribution in [-0.2, 0) is 28.6 Å². The number of carbonyl (C=O) groups excluding carboxylic acids is 3. The highest BCUT2D eigenvalue weighted by Crippen LogP contribution is 2.13. The highest BCUT2D eigenvalue weighted by Gasteiger charge is 2.19. The first-order valence-electron chi connectivity index (χ1n) is 25.2. The molecule has 6 nitrogen and oxygen atoms in total. The maximum Gasteiger partial charge on any atom is 0.310 e. The molecular formula is C56H92O6. The Balaban J connectivity index is 4.50. The number of carbonyl (C=O) groups is 3. The molecule has 0 N–H and O–H groups in total. The second kappa shape index (κ2) is 50.0. The van der Waals surface area contributed by atoms with E-state index >= 15 is 0 Å². The molecule has 0 radical (unpaired) electrons. The number of allylic oxidation sites excluding steroid dienone is 15. The van der Waals surface area contributed by atoms with Gasteiger partial charge in [-0.05, 0) is 96.3 Å². The van der Waals surface area contributed by atoms with Gasteiger partial charge in [-0.3, -0.25) is 14.4 Å². The van der Waals surface area contributed by atoms with Crippen LogP contribution in [0.5, 0.6) is 0 Å². The first-order chi connectivity index (χ1) is 30.5. The third kappa shape index (κ3) is 47.4. The third-order valence-electron chi connectivity index (χ3n) is 10.3. The predicted octanol–water partition coefficient (Wildman–Crippen LogP) is 16.6. The molecule has 1 unspecified atom stereocenters. The van der Waals surface area contributed by atoms with Gasteiger partial charge in [-0.2, -0.15) is 0 Å². The minimum Gasteiger partial charge on any atom is -0.462 e. The lowest BCUT2D eigenvalue weighted by atomic mass is 10.1. The molecule has 0 fully saturated rings. The van der Waals surface area contributed by atoms with Gasteiger partial charge in [0.15, 0.2) is 6.10 Å². The van der Waals surface area contributed by atoms with Gasteiger partial charge < -0.3 is 14.2 Å². The second-order valence-electron chi connectivity index (χ2n) is 16.4. The first-order valence-corrected chi connectivity index (χ1v) is 25.2.